The van der Waals surface area contributed by atoms with Gasteiger partial charge in [-0.25, -0.2) is 0 Å². The second-order valence-corrected chi connectivity index (χ2v) is 5.44. The highest BCUT2D eigenvalue weighted by Crippen LogP contribution is 2.24. The molecule has 0 bridgehead atoms. The third kappa shape index (κ3) is 6.12. The van der Waals surface area contributed by atoms with Gasteiger partial charge in [-0.1, -0.05) is 30.3 Å². The first-order chi connectivity index (χ1) is 12.2. The molecule has 1 N–H and O–H groups in total. The molecular formula is C20H26N2O3. The fourth-order valence-electron chi connectivity index (χ4n) is 2.44. The summed E-state index contributed by atoms with van der Waals surface area (Å²) in [4.78, 5) is 14.5. The molecule has 5 nitrogen and oxygen atoms in total. The summed E-state index contributed by atoms with van der Waals surface area (Å²) in [5.41, 5.74) is 1.70. The minimum absolute atomic E-state index is 0.0773. The van der Waals surface area contributed by atoms with Crippen molar-refractivity contribution in [3.8, 4) is 5.75 Å². The lowest BCUT2D eigenvalue weighted by Crippen LogP contribution is -2.33. The van der Waals surface area contributed by atoms with E-state index in [2.05, 4.69) is 5.32 Å². The Morgan fingerprint density at radius 1 is 1.00 bits per heavy atom. The van der Waals surface area contributed by atoms with E-state index in [0.717, 1.165) is 12.2 Å². The number of carbonyl (C=O) groups excluding carboxylic acids is 1. The van der Waals surface area contributed by atoms with Gasteiger partial charge in [-0.2, -0.15) is 0 Å². The summed E-state index contributed by atoms with van der Waals surface area (Å²) in [6.45, 7) is 6.65. The third-order valence-corrected chi connectivity index (χ3v) is 3.69. The van der Waals surface area contributed by atoms with Gasteiger partial charge in [0, 0.05) is 18.8 Å². The lowest BCUT2D eigenvalue weighted by Gasteiger charge is -2.22. The zero-order valence-electron chi connectivity index (χ0n) is 14.9. The summed E-state index contributed by atoms with van der Waals surface area (Å²) in [7, 11) is 0. The van der Waals surface area contributed by atoms with Gasteiger partial charge < -0.3 is 19.7 Å². The van der Waals surface area contributed by atoms with Crippen LogP contribution in [0.3, 0.4) is 0 Å². The standard InChI is InChI=1S/C20H26N2O3/c1-3-22(17-10-6-5-7-11-17)16-20(23)21-18-12-8-9-13-19(18)25-15-14-24-4-2/h5-13H,3-4,14-16H2,1-2H3,(H,21,23). The Hall–Kier alpha value is -2.53. The maximum atomic E-state index is 12.5. The minimum Gasteiger partial charge on any atom is -0.489 e. The van der Waals surface area contributed by atoms with Crippen LogP contribution in [0.15, 0.2) is 54.6 Å². The highest BCUT2D eigenvalue weighted by molar-refractivity contribution is 5.95. The van der Waals surface area contributed by atoms with E-state index in [9.17, 15) is 4.79 Å². The van der Waals surface area contributed by atoms with Gasteiger partial charge in [0.2, 0.25) is 5.91 Å². The highest BCUT2D eigenvalue weighted by Gasteiger charge is 2.12. The number of anilines is 2. The van der Waals surface area contributed by atoms with Crippen LogP contribution in [-0.4, -0.2) is 38.8 Å². The van der Waals surface area contributed by atoms with Gasteiger partial charge in [-0.15, -0.1) is 0 Å². The Kier molecular flexibility index (Phi) is 7.79. The molecule has 0 unspecified atom stereocenters. The molecule has 0 aromatic heterocycles. The first-order valence-electron chi connectivity index (χ1n) is 8.64. The molecule has 0 aliphatic carbocycles. The molecule has 0 aliphatic heterocycles. The number of rotatable bonds is 10. The van der Waals surface area contributed by atoms with Crippen LogP contribution in [0.5, 0.6) is 5.75 Å². The molecule has 2 aromatic carbocycles. The monoisotopic (exact) mass is 342 g/mol. The van der Waals surface area contributed by atoms with Gasteiger partial charge in [0.15, 0.2) is 0 Å². The molecule has 5 heteroatoms. The third-order valence-electron chi connectivity index (χ3n) is 3.69. The molecular weight excluding hydrogens is 316 g/mol. The lowest BCUT2D eigenvalue weighted by atomic mass is 10.2. The number of amides is 1. The van der Waals surface area contributed by atoms with Crippen LogP contribution in [0, 0.1) is 0 Å². The number of benzene rings is 2. The summed E-state index contributed by atoms with van der Waals surface area (Å²) < 4.78 is 11.0. The number of hydrogen-bond donors (Lipinski definition) is 1. The number of ether oxygens (including phenoxy) is 2. The Labute approximate surface area is 149 Å². The van der Waals surface area contributed by atoms with Crippen molar-refractivity contribution in [2.45, 2.75) is 13.8 Å². The van der Waals surface area contributed by atoms with E-state index in [4.69, 9.17) is 9.47 Å². The number of para-hydroxylation sites is 3. The molecule has 25 heavy (non-hydrogen) atoms. The molecule has 0 saturated carbocycles. The average molecular weight is 342 g/mol. The van der Waals surface area contributed by atoms with Crippen molar-refractivity contribution in [3.63, 3.8) is 0 Å². The van der Waals surface area contributed by atoms with Gasteiger partial charge in [0.25, 0.3) is 0 Å². The van der Waals surface area contributed by atoms with Crippen LogP contribution >= 0.6 is 0 Å². The Morgan fingerprint density at radius 3 is 2.44 bits per heavy atom. The van der Waals surface area contributed by atoms with Gasteiger partial charge >= 0.3 is 0 Å². The van der Waals surface area contributed by atoms with Crippen molar-refractivity contribution >= 4 is 17.3 Å². The van der Waals surface area contributed by atoms with Crippen LogP contribution < -0.4 is 15.0 Å². The second kappa shape index (κ2) is 10.4. The fourth-order valence-corrected chi connectivity index (χ4v) is 2.44. The van der Waals surface area contributed by atoms with Crippen molar-refractivity contribution < 1.29 is 14.3 Å². The van der Waals surface area contributed by atoms with Gasteiger partial charge in [0.05, 0.1) is 18.8 Å². The quantitative estimate of drug-likeness (QED) is 0.671. The fraction of sp³-hybridized carbons (Fsp3) is 0.350. The molecule has 0 heterocycles. The molecule has 0 spiro atoms. The number of nitrogens with zero attached hydrogens (tertiary/aromatic N) is 1. The van der Waals surface area contributed by atoms with Crippen LogP contribution in [0.4, 0.5) is 11.4 Å². The zero-order chi connectivity index (χ0) is 17.9. The number of hydrogen-bond acceptors (Lipinski definition) is 4. The SMILES string of the molecule is CCOCCOc1ccccc1NC(=O)CN(CC)c1ccccc1. The second-order valence-electron chi connectivity index (χ2n) is 5.44. The van der Waals surface area contributed by atoms with Crippen molar-refractivity contribution in [2.75, 3.05) is 43.1 Å². The molecule has 0 aliphatic rings. The summed E-state index contributed by atoms with van der Waals surface area (Å²) in [5, 5.41) is 2.94. The van der Waals surface area contributed by atoms with Crippen LogP contribution in [0.25, 0.3) is 0 Å². The highest BCUT2D eigenvalue weighted by atomic mass is 16.5. The summed E-state index contributed by atoms with van der Waals surface area (Å²) >= 11 is 0. The summed E-state index contributed by atoms with van der Waals surface area (Å²) in [6.07, 6.45) is 0. The van der Waals surface area contributed by atoms with Crippen LogP contribution in [-0.2, 0) is 9.53 Å². The first kappa shape index (κ1) is 18.8. The van der Waals surface area contributed by atoms with E-state index in [1.807, 2.05) is 73.3 Å². The molecule has 1 amide bonds. The van der Waals surface area contributed by atoms with Gasteiger partial charge in [-0.05, 0) is 38.1 Å². The molecule has 0 fully saturated rings. The van der Waals surface area contributed by atoms with Gasteiger partial charge in [-0.3, -0.25) is 4.79 Å². The predicted molar refractivity (Wildman–Crippen MR) is 101 cm³/mol. The molecule has 134 valence electrons. The average Bonchev–Trinajstić information content (AvgIpc) is 2.65. The zero-order valence-corrected chi connectivity index (χ0v) is 14.9. The van der Waals surface area contributed by atoms with E-state index in [-0.39, 0.29) is 12.5 Å². The first-order valence-corrected chi connectivity index (χ1v) is 8.64. The molecule has 0 atom stereocenters. The van der Waals surface area contributed by atoms with Crippen molar-refractivity contribution in [2.24, 2.45) is 0 Å². The largest absolute Gasteiger partial charge is 0.489 e. The van der Waals surface area contributed by atoms with Gasteiger partial charge in [0.1, 0.15) is 12.4 Å². The normalized spacial score (nSPS) is 10.3. The maximum absolute atomic E-state index is 12.5. The van der Waals surface area contributed by atoms with Crippen molar-refractivity contribution in [1.29, 1.82) is 0 Å². The van der Waals surface area contributed by atoms with E-state index in [0.29, 0.717) is 31.3 Å². The summed E-state index contributed by atoms with van der Waals surface area (Å²) in [6, 6.07) is 17.3. The summed E-state index contributed by atoms with van der Waals surface area (Å²) in [5.74, 6) is 0.574. The van der Waals surface area contributed by atoms with E-state index < -0.39 is 0 Å². The Morgan fingerprint density at radius 2 is 1.72 bits per heavy atom. The van der Waals surface area contributed by atoms with Crippen LogP contribution in [0.1, 0.15) is 13.8 Å². The smallest absolute Gasteiger partial charge is 0.243 e. The van der Waals surface area contributed by atoms with Crippen molar-refractivity contribution in [3.05, 3.63) is 54.6 Å². The number of likely N-dealkylation sites (N-methyl/N-ethyl adjacent to an activating group) is 1. The van der Waals surface area contributed by atoms with E-state index in [1.54, 1.807) is 0 Å². The topological polar surface area (TPSA) is 50.8 Å². The molecule has 0 radical (unpaired) electrons. The maximum Gasteiger partial charge on any atom is 0.243 e. The Balaban J connectivity index is 1.95. The number of nitrogens with one attached hydrogen (secondary N) is 1. The van der Waals surface area contributed by atoms with E-state index >= 15 is 0 Å². The van der Waals surface area contributed by atoms with Crippen LogP contribution in [0.2, 0.25) is 0 Å². The molecule has 2 rings (SSSR count). The predicted octanol–water partition coefficient (Wildman–Crippen LogP) is 3.57. The van der Waals surface area contributed by atoms with Crippen molar-refractivity contribution in [1.82, 2.24) is 0 Å². The molecule has 0 saturated heterocycles. The molecule has 2 aromatic rings. The van der Waals surface area contributed by atoms with E-state index in [1.165, 1.54) is 0 Å². The minimum atomic E-state index is -0.0773. The number of carbonyl (C=O) groups is 1. The Bertz CT molecular complexity index is 646. The lowest BCUT2D eigenvalue weighted by molar-refractivity contribution is -0.115.